The molecule has 0 saturated carbocycles. The Labute approximate surface area is 242 Å². The van der Waals surface area contributed by atoms with Crippen LogP contribution in [0.3, 0.4) is 0 Å². The van der Waals surface area contributed by atoms with Gasteiger partial charge in [0.1, 0.15) is 11.6 Å². The molecule has 9 heteroatoms. The van der Waals surface area contributed by atoms with Crippen LogP contribution in [0.25, 0.3) is 0 Å². The number of halogens is 2. The molecule has 3 N–H and O–H groups in total. The van der Waals surface area contributed by atoms with E-state index in [1.807, 2.05) is 27.7 Å². The maximum atomic E-state index is 13.9. The Bertz CT molecular complexity index is 1120. The van der Waals surface area contributed by atoms with Gasteiger partial charge in [0, 0.05) is 42.7 Å². The van der Waals surface area contributed by atoms with Crippen LogP contribution in [-0.4, -0.2) is 59.5 Å². The first-order valence-corrected chi connectivity index (χ1v) is 14.7. The highest BCUT2D eigenvalue weighted by molar-refractivity contribution is 5.99. The van der Waals surface area contributed by atoms with Gasteiger partial charge in [-0.3, -0.25) is 14.4 Å². The number of unbranched alkanes of at least 4 members (excludes halogenated alkanes) is 1. The fourth-order valence-corrected chi connectivity index (χ4v) is 4.80. The molecule has 41 heavy (non-hydrogen) atoms. The minimum atomic E-state index is -1.18. The first-order chi connectivity index (χ1) is 19.6. The summed E-state index contributed by atoms with van der Waals surface area (Å²) in [4.78, 5) is 40.9. The molecule has 0 aliphatic heterocycles. The average molecular weight is 574 g/mol. The second-order valence-electron chi connectivity index (χ2n) is 10.5. The van der Waals surface area contributed by atoms with Crippen LogP contribution in [0.2, 0.25) is 0 Å². The van der Waals surface area contributed by atoms with Gasteiger partial charge in [0.25, 0.3) is 11.8 Å². The zero-order valence-corrected chi connectivity index (χ0v) is 24.7. The molecule has 0 saturated heterocycles. The van der Waals surface area contributed by atoms with E-state index >= 15 is 0 Å². The predicted octanol–water partition coefficient (Wildman–Crippen LogP) is 5.26. The number of nitrogens with zero attached hydrogens (tertiary/aromatic N) is 1. The van der Waals surface area contributed by atoms with E-state index in [-0.39, 0.29) is 35.8 Å². The van der Waals surface area contributed by atoms with E-state index in [1.165, 1.54) is 6.07 Å². The summed E-state index contributed by atoms with van der Waals surface area (Å²) in [6.45, 7) is 9.59. The summed E-state index contributed by atoms with van der Waals surface area (Å²) in [5.41, 5.74) is 0.848. The molecule has 0 fully saturated rings. The molecule has 7 nitrogen and oxygen atoms in total. The van der Waals surface area contributed by atoms with Crippen LogP contribution in [0.4, 0.5) is 8.78 Å². The molecule has 2 aromatic rings. The normalized spacial score (nSPS) is 13.2. The van der Waals surface area contributed by atoms with E-state index in [1.54, 1.807) is 23.1 Å². The zero-order valence-electron chi connectivity index (χ0n) is 24.7. The van der Waals surface area contributed by atoms with Gasteiger partial charge in [0.15, 0.2) is 0 Å². The lowest BCUT2D eigenvalue weighted by atomic mass is 9.91. The largest absolute Gasteiger partial charge is 0.391 e. The van der Waals surface area contributed by atoms with Gasteiger partial charge in [0.2, 0.25) is 5.91 Å². The summed E-state index contributed by atoms with van der Waals surface area (Å²) < 4.78 is 27.9. The van der Waals surface area contributed by atoms with Crippen molar-refractivity contribution in [3.8, 4) is 0 Å². The maximum Gasteiger partial charge on any atom is 0.253 e. The number of benzene rings is 2. The fraction of sp³-hybridized carbons (Fsp3) is 0.531. The van der Waals surface area contributed by atoms with Gasteiger partial charge in [-0.2, -0.15) is 0 Å². The molecule has 0 unspecified atom stereocenters. The standard InChI is InChI=1S/C32H45F2N3O4/c1-5-9-13-35-30(39)23(8-4)20-29(38)28(18-22-16-26(33)21-27(34)17-22)36-31(40)24-11-10-12-25(19-24)32(41)37(14-6-2)15-7-3/h10-12,16-17,19,21,23,28-29,38H,5-9,13-15,18,20H2,1-4H3,(H,35,39)(H,36,40)/t23-,28+,29+/m1/s1. The van der Waals surface area contributed by atoms with Crippen molar-refractivity contribution >= 4 is 17.7 Å². The predicted molar refractivity (Wildman–Crippen MR) is 157 cm³/mol. The Morgan fingerprint density at radius 1 is 0.902 bits per heavy atom. The van der Waals surface area contributed by atoms with Gasteiger partial charge in [-0.15, -0.1) is 0 Å². The number of rotatable bonds is 17. The van der Waals surface area contributed by atoms with Gasteiger partial charge in [-0.05, 0) is 74.4 Å². The first-order valence-electron chi connectivity index (χ1n) is 14.7. The summed E-state index contributed by atoms with van der Waals surface area (Å²) >= 11 is 0. The number of amides is 3. The van der Waals surface area contributed by atoms with E-state index in [0.717, 1.165) is 43.9 Å². The molecule has 0 aliphatic carbocycles. The highest BCUT2D eigenvalue weighted by Crippen LogP contribution is 2.19. The molecule has 0 heterocycles. The summed E-state index contributed by atoms with van der Waals surface area (Å²) in [5.74, 6) is -2.94. The van der Waals surface area contributed by atoms with E-state index in [4.69, 9.17) is 0 Å². The monoisotopic (exact) mass is 573 g/mol. The van der Waals surface area contributed by atoms with Crippen LogP contribution in [0.5, 0.6) is 0 Å². The molecular formula is C32H45F2N3O4. The molecule has 0 aliphatic rings. The first kappa shape index (κ1) is 33.9. The smallest absolute Gasteiger partial charge is 0.253 e. The molecule has 0 bridgehead atoms. The van der Waals surface area contributed by atoms with Crippen LogP contribution >= 0.6 is 0 Å². The maximum absolute atomic E-state index is 13.9. The molecule has 3 amide bonds. The quantitative estimate of drug-likeness (QED) is 0.225. The third kappa shape index (κ3) is 10.9. The van der Waals surface area contributed by atoms with Gasteiger partial charge >= 0.3 is 0 Å². The zero-order chi connectivity index (χ0) is 30.4. The van der Waals surface area contributed by atoms with Crippen LogP contribution in [0.1, 0.15) is 92.5 Å². The Morgan fingerprint density at radius 3 is 2.12 bits per heavy atom. The van der Waals surface area contributed by atoms with Crippen LogP contribution in [0.15, 0.2) is 42.5 Å². The minimum absolute atomic E-state index is 0.0543. The second kappa shape index (κ2) is 17.5. The van der Waals surface area contributed by atoms with Crippen LogP contribution in [0, 0.1) is 17.6 Å². The number of carbonyl (C=O) groups excluding carboxylic acids is 3. The summed E-state index contributed by atoms with van der Waals surface area (Å²) in [6.07, 6.45) is 2.67. The van der Waals surface area contributed by atoms with E-state index < -0.39 is 35.6 Å². The third-order valence-corrected chi connectivity index (χ3v) is 7.02. The van der Waals surface area contributed by atoms with Crippen molar-refractivity contribution in [2.24, 2.45) is 5.92 Å². The molecule has 2 rings (SSSR count). The second-order valence-corrected chi connectivity index (χ2v) is 10.5. The van der Waals surface area contributed by atoms with Crippen molar-refractivity contribution < 1.29 is 28.3 Å². The molecular weight excluding hydrogens is 528 g/mol. The van der Waals surface area contributed by atoms with Gasteiger partial charge < -0.3 is 20.6 Å². The number of carbonyl (C=O) groups is 3. The highest BCUT2D eigenvalue weighted by Gasteiger charge is 2.28. The Hall–Kier alpha value is -3.33. The lowest BCUT2D eigenvalue weighted by Gasteiger charge is -2.27. The van der Waals surface area contributed by atoms with E-state index in [2.05, 4.69) is 10.6 Å². The van der Waals surface area contributed by atoms with Crippen molar-refractivity contribution in [2.75, 3.05) is 19.6 Å². The molecule has 0 radical (unpaired) electrons. The number of hydrogen-bond donors (Lipinski definition) is 3. The molecule has 0 aromatic heterocycles. The number of aliphatic hydroxyl groups excluding tert-OH is 1. The Balaban J connectivity index is 2.29. The van der Waals surface area contributed by atoms with Crippen molar-refractivity contribution in [1.29, 1.82) is 0 Å². The lowest BCUT2D eigenvalue weighted by molar-refractivity contribution is -0.126. The van der Waals surface area contributed by atoms with Gasteiger partial charge in [-0.1, -0.05) is 40.2 Å². The molecule has 3 atom stereocenters. The van der Waals surface area contributed by atoms with Crippen LogP contribution < -0.4 is 10.6 Å². The fourth-order valence-electron chi connectivity index (χ4n) is 4.80. The lowest BCUT2D eigenvalue weighted by Crippen LogP contribution is -2.46. The summed E-state index contributed by atoms with van der Waals surface area (Å²) in [6, 6.07) is 8.47. The third-order valence-electron chi connectivity index (χ3n) is 7.02. The number of nitrogens with one attached hydrogen (secondary N) is 2. The number of hydrogen-bond acceptors (Lipinski definition) is 4. The van der Waals surface area contributed by atoms with Crippen LogP contribution in [-0.2, 0) is 11.2 Å². The van der Waals surface area contributed by atoms with Crippen molar-refractivity contribution in [3.05, 3.63) is 70.8 Å². The topological polar surface area (TPSA) is 98.7 Å². The molecule has 0 spiro atoms. The Morgan fingerprint density at radius 2 is 1.54 bits per heavy atom. The summed E-state index contributed by atoms with van der Waals surface area (Å²) in [5, 5.41) is 16.9. The average Bonchev–Trinajstić information content (AvgIpc) is 2.94. The van der Waals surface area contributed by atoms with Crippen molar-refractivity contribution in [1.82, 2.24) is 15.5 Å². The highest BCUT2D eigenvalue weighted by atomic mass is 19.1. The number of aliphatic hydroxyl groups is 1. The summed E-state index contributed by atoms with van der Waals surface area (Å²) in [7, 11) is 0. The SMILES string of the molecule is CCCCNC(=O)[C@H](CC)C[C@H](O)[C@H](Cc1cc(F)cc(F)c1)NC(=O)c1cccc(C(=O)N(CCC)CCC)c1. The minimum Gasteiger partial charge on any atom is -0.391 e. The van der Waals surface area contributed by atoms with E-state index in [9.17, 15) is 28.3 Å². The molecule has 226 valence electrons. The molecule has 2 aromatic carbocycles. The Kier molecular flexibility index (Phi) is 14.4. The van der Waals surface area contributed by atoms with Crippen molar-refractivity contribution in [3.63, 3.8) is 0 Å². The van der Waals surface area contributed by atoms with E-state index in [0.29, 0.717) is 31.6 Å². The van der Waals surface area contributed by atoms with Gasteiger partial charge in [-0.25, -0.2) is 8.78 Å². The van der Waals surface area contributed by atoms with Gasteiger partial charge in [0.05, 0.1) is 12.1 Å². The van der Waals surface area contributed by atoms with Crippen molar-refractivity contribution in [2.45, 2.75) is 84.8 Å².